The number of amides is 1. The maximum atomic E-state index is 12.0. The van der Waals surface area contributed by atoms with E-state index in [1.54, 1.807) is 39.7 Å². The van der Waals surface area contributed by atoms with Gasteiger partial charge in [0, 0.05) is 12.0 Å². The number of ether oxygens (including phenoxy) is 3. The van der Waals surface area contributed by atoms with Gasteiger partial charge in [-0.2, -0.15) is 5.10 Å². The summed E-state index contributed by atoms with van der Waals surface area (Å²) in [6.07, 6.45) is 16.0. The summed E-state index contributed by atoms with van der Waals surface area (Å²) in [7, 11) is 4.68. The number of unbranched alkanes of at least 4 members (excludes halogenated alkanes) is 10. The monoisotopic (exact) mass is 420 g/mol. The Bertz CT molecular complexity index is 632. The zero-order valence-electron chi connectivity index (χ0n) is 19.3. The molecule has 6 heteroatoms. The Kier molecular flexibility index (Phi) is 14.2. The summed E-state index contributed by atoms with van der Waals surface area (Å²) in [5, 5.41) is 4.05. The third kappa shape index (κ3) is 9.99. The van der Waals surface area contributed by atoms with Crippen LogP contribution in [0.1, 0.15) is 89.5 Å². The Morgan fingerprint density at radius 3 is 1.93 bits per heavy atom. The van der Waals surface area contributed by atoms with Gasteiger partial charge in [-0.15, -0.1) is 0 Å². The van der Waals surface area contributed by atoms with E-state index in [0.29, 0.717) is 29.2 Å². The Balaban J connectivity index is 2.22. The van der Waals surface area contributed by atoms with Crippen molar-refractivity contribution < 1.29 is 19.0 Å². The first kappa shape index (κ1) is 25.8. The fraction of sp³-hybridized carbons (Fsp3) is 0.667. The Morgan fingerprint density at radius 2 is 1.40 bits per heavy atom. The van der Waals surface area contributed by atoms with Gasteiger partial charge in [-0.05, 0) is 18.6 Å². The van der Waals surface area contributed by atoms with Crippen molar-refractivity contribution in [3.05, 3.63) is 17.7 Å². The normalized spacial score (nSPS) is 10.9. The number of methoxy groups -OCH3 is 3. The molecule has 170 valence electrons. The van der Waals surface area contributed by atoms with Crippen molar-refractivity contribution in [1.29, 1.82) is 0 Å². The fourth-order valence-electron chi connectivity index (χ4n) is 3.41. The SMILES string of the molecule is CCCCCCCCCCCCCC(=O)N/N=C\c1ccc(OC)c(OC)c1OC. The first-order chi connectivity index (χ1) is 14.7. The van der Waals surface area contributed by atoms with Crippen LogP contribution < -0.4 is 19.6 Å². The second-order valence-electron chi connectivity index (χ2n) is 7.50. The van der Waals surface area contributed by atoms with Gasteiger partial charge in [0.05, 0.1) is 27.5 Å². The lowest BCUT2D eigenvalue weighted by atomic mass is 10.1. The highest BCUT2D eigenvalue weighted by Crippen LogP contribution is 2.38. The molecule has 0 spiro atoms. The maximum Gasteiger partial charge on any atom is 0.240 e. The van der Waals surface area contributed by atoms with E-state index in [0.717, 1.165) is 12.8 Å². The van der Waals surface area contributed by atoms with Gasteiger partial charge in [0.1, 0.15) is 0 Å². The van der Waals surface area contributed by atoms with Crippen molar-refractivity contribution in [3.8, 4) is 17.2 Å². The standard InChI is InChI=1S/C24H40N2O4/c1-5-6-7-8-9-10-11-12-13-14-15-16-22(27)26-25-19-20-17-18-21(28-2)24(30-4)23(20)29-3/h17-19H,5-16H2,1-4H3,(H,26,27)/b25-19-. The highest BCUT2D eigenvalue weighted by atomic mass is 16.5. The smallest absolute Gasteiger partial charge is 0.240 e. The second kappa shape index (κ2) is 16.5. The molecule has 1 aromatic carbocycles. The molecule has 0 heterocycles. The zero-order chi connectivity index (χ0) is 22.0. The molecule has 30 heavy (non-hydrogen) atoms. The van der Waals surface area contributed by atoms with Crippen molar-refractivity contribution in [2.24, 2.45) is 5.10 Å². The Labute approximate surface area is 182 Å². The summed E-state index contributed by atoms with van der Waals surface area (Å²) >= 11 is 0. The van der Waals surface area contributed by atoms with E-state index in [1.807, 2.05) is 0 Å². The van der Waals surface area contributed by atoms with Gasteiger partial charge in [-0.25, -0.2) is 5.43 Å². The van der Waals surface area contributed by atoms with Gasteiger partial charge >= 0.3 is 0 Å². The highest BCUT2D eigenvalue weighted by Gasteiger charge is 2.14. The van der Waals surface area contributed by atoms with E-state index >= 15 is 0 Å². The molecular formula is C24H40N2O4. The van der Waals surface area contributed by atoms with Crippen molar-refractivity contribution in [3.63, 3.8) is 0 Å². The predicted octanol–water partition coefficient (Wildman–Crippen LogP) is 5.86. The summed E-state index contributed by atoms with van der Waals surface area (Å²) in [6.45, 7) is 2.25. The molecular weight excluding hydrogens is 380 g/mol. The van der Waals surface area contributed by atoms with Crippen LogP contribution in [0.5, 0.6) is 17.2 Å². The molecule has 1 N–H and O–H groups in total. The van der Waals surface area contributed by atoms with Gasteiger partial charge in [0.2, 0.25) is 11.7 Å². The summed E-state index contributed by atoms with van der Waals surface area (Å²) in [5.41, 5.74) is 3.29. The zero-order valence-corrected chi connectivity index (χ0v) is 19.3. The van der Waals surface area contributed by atoms with Crippen LogP contribution in [0.4, 0.5) is 0 Å². The van der Waals surface area contributed by atoms with Crippen molar-refractivity contribution in [1.82, 2.24) is 5.43 Å². The molecule has 0 aliphatic rings. The summed E-state index contributed by atoms with van der Waals surface area (Å²) < 4.78 is 16.0. The maximum absolute atomic E-state index is 12.0. The Morgan fingerprint density at radius 1 is 0.833 bits per heavy atom. The third-order valence-electron chi connectivity index (χ3n) is 5.13. The number of carbonyl (C=O) groups is 1. The van der Waals surface area contributed by atoms with Crippen molar-refractivity contribution in [2.45, 2.75) is 84.0 Å². The minimum atomic E-state index is -0.0679. The lowest BCUT2D eigenvalue weighted by Crippen LogP contribution is -2.17. The molecule has 0 unspecified atom stereocenters. The average molecular weight is 421 g/mol. The molecule has 6 nitrogen and oxygen atoms in total. The summed E-state index contributed by atoms with van der Waals surface area (Å²) in [5.74, 6) is 1.52. The van der Waals surface area contributed by atoms with Crippen LogP contribution in [0, 0.1) is 0 Å². The number of carbonyl (C=O) groups excluding carboxylic acids is 1. The molecule has 0 aliphatic carbocycles. The first-order valence-corrected chi connectivity index (χ1v) is 11.3. The molecule has 1 amide bonds. The van der Waals surface area contributed by atoms with E-state index in [2.05, 4.69) is 17.5 Å². The number of nitrogens with zero attached hydrogens (tertiary/aromatic N) is 1. The molecule has 0 saturated heterocycles. The molecule has 0 atom stereocenters. The molecule has 0 bridgehead atoms. The molecule has 0 aromatic heterocycles. The number of nitrogens with one attached hydrogen (secondary N) is 1. The van der Waals surface area contributed by atoms with Crippen LogP contribution >= 0.6 is 0 Å². The minimum Gasteiger partial charge on any atom is -0.493 e. The first-order valence-electron chi connectivity index (χ1n) is 11.3. The van der Waals surface area contributed by atoms with Crippen LogP contribution in [-0.4, -0.2) is 33.5 Å². The predicted molar refractivity (Wildman–Crippen MR) is 123 cm³/mol. The quantitative estimate of drug-likeness (QED) is 0.195. The summed E-state index contributed by atoms with van der Waals surface area (Å²) in [6, 6.07) is 3.58. The van der Waals surface area contributed by atoms with E-state index in [-0.39, 0.29) is 5.91 Å². The summed E-state index contributed by atoms with van der Waals surface area (Å²) in [4.78, 5) is 12.0. The van der Waals surface area contributed by atoms with Crippen LogP contribution in [0.2, 0.25) is 0 Å². The highest BCUT2D eigenvalue weighted by molar-refractivity contribution is 5.87. The number of benzene rings is 1. The van der Waals surface area contributed by atoms with E-state index in [4.69, 9.17) is 14.2 Å². The second-order valence-corrected chi connectivity index (χ2v) is 7.50. The number of hydrogen-bond donors (Lipinski definition) is 1. The lowest BCUT2D eigenvalue weighted by Gasteiger charge is -2.13. The number of rotatable bonds is 17. The largest absolute Gasteiger partial charge is 0.493 e. The number of hydrazone groups is 1. The van der Waals surface area contributed by atoms with Crippen LogP contribution in [0.3, 0.4) is 0 Å². The molecule has 0 aliphatic heterocycles. The van der Waals surface area contributed by atoms with Gasteiger partial charge in [-0.3, -0.25) is 4.79 Å². The van der Waals surface area contributed by atoms with Crippen LogP contribution in [0.25, 0.3) is 0 Å². The van der Waals surface area contributed by atoms with Crippen LogP contribution in [-0.2, 0) is 4.79 Å². The molecule has 1 aromatic rings. The molecule has 0 radical (unpaired) electrons. The van der Waals surface area contributed by atoms with E-state index in [1.165, 1.54) is 57.8 Å². The Hall–Kier alpha value is -2.24. The van der Waals surface area contributed by atoms with Gasteiger partial charge in [0.25, 0.3) is 0 Å². The van der Waals surface area contributed by atoms with E-state index in [9.17, 15) is 4.79 Å². The molecule has 0 fully saturated rings. The van der Waals surface area contributed by atoms with Gasteiger partial charge < -0.3 is 14.2 Å². The lowest BCUT2D eigenvalue weighted by molar-refractivity contribution is -0.121. The third-order valence-corrected chi connectivity index (χ3v) is 5.13. The van der Waals surface area contributed by atoms with Gasteiger partial charge in [0.15, 0.2) is 11.5 Å². The van der Waals surface area contributed by atoms with Crippen molar-refractivity contribution >= 4 is 12.1 Å². The van der Waals surface area contributed by atoms with Crippen LogP contribution in [0.15, 0.2) is 17.2 Å². The molecule has 0 saturated carbocycles. The molecule has 1 rings (SSSR count). The number of hydrogen-bond acceptors (Lipinski definition) is 5. The minimum absolute atomic E-state index is 0.0679. The van der Waals surface area contributed by atoms with Crippen molar-refractivity contribution in [2.75, 3.05) is 21.3 Å². The average Bonchev–Trinajstić information content (AvgIpc) is 2.76. The van der Waals surface area contributed by atoms with Gasteiger partial charge in [-0.1, -0.05) is 71.1 Å². The van der Waals surface area contributed by atoms with E-state index < -0.39 is 0 Å². The topological polar surface area (TPSA) is 69.2 Å². The fourth-order valence-corrected chi connectivity index (χ4v) is 3.41.